The molecule has 13 heteroatoms. The van der Waals surface area contributed by atoms with E-state index in [1.54, 1.807) is 24.3 Å². The monoisotopic (exact) mass is 634 g/mol. The number of rotatable bonds is 7. The minimum atomic E-state index is -2.72. The van der Waals surface area contributed by atoms with Crippen LogP contribution in [0.2, 0.25) is 10.0 Å². The number of carbonyl (C=O) groups is 5. The molecule has 1 saturated carbocycles. The van der Waals surface area contributed by atoms with Gasteiger partial charge in [0, 0.05) is 21.9 Å². The van der Waals surface area contributed by atoms with Gasteiger partial charge < -0.3 is 28.8 Å². The molecule has 0 aliphatic heterocycles. The van der Waals surface area contributed by atoms with Gasteiger partial charge in [-0.2, -0.15) is 0 Å². The van der Waals surface area contributed by atoms with Crippen molar-refractivity contribution in [1.29, 1.82) is 0 Å². The van der Waals surface area contributed by atoms with E-state index in [0.29, 0.717) is 10.6 Å². The molecule has 2 bridgehead atoms. The summed E-state index contributed by atoms with van der Waals surface area (Å²) in [5.74, 6) is -13.7. The molecule has 2 aliphatic carbocycles. The third kappa shape index (κ3) is 5.48. The molecule has 2 aliphatic rings. The fourth-order valence-electron chi connectivity index (χ4n) is 6.25. The van der Waals surface area contributed by atoms with Crippen molar-refractivity contribution in [3.8, 4) is 0 Å². The Morgan fingerprint density at radius 1 is 0.744 bits per heavy atom. The van der Waals surface area contributed by atoms with Crippen LogP contribution >= 0.6 is 23.2 Å². The van der Waals surface area contributed by atoms with E-state index < -0.39 is 70.8 Å². The van der Waals surface area contributed by atoms with E-state index in [2.05, 4.69) is 0 Å². The second-order valence-corrected chi connectivity index (χ2v) is 10.8. The Labute approximate surface area is 256 Å². The van der Waals surface area contributed by atoms with Crippen LogP contribution < -0.4 is 0 Å². The molecule has 43 heavy (non-hydrogen) atoms. The number of methoxy groups -OCH3 is 4. The van der Waals surface area contributed by atoms with E-state index in [1.165, 1.54) is 24.3 Å². The second kappa shape index (κ2) is 12.7. The zero-order valence-electron chi connectivity index (χ0n) is 23.5. The van der Waals surface area contributed by atoms with Crippen LogP contribution in [0.3, 0.4) is 0 Å². The Bertz CT molecular complexity index is 1490. The molecular formula is C30H28Cl2O11. The Balaban J connectivity index is 2.08. The van der Waals surface area contributed by atoms with Gasteiger partial charge in [0.15, 0.2) is 0 Å². The van der Waals surface area contributed by atoms with Crippen LogP contribution in [0.15, 0.2) is 59.9 Å². The van der Waals surface area contributed by atoms with Crippen LogP contribution in [0.1, 0.15) is 28.3 Å². The number of benzene rings is 2. The fourth-order valence-corrected chi connectivity index (χ4v) is 6.65. The van der Waals surface area contributed by atoms with Crippen molar-refractivity contribution in [3.63, 3.8) is 0 Å². The van der Waals surface area contributed by atoms with Crippen molar-refractivity contribution in [1.82, 2.24) is 0 Å². The Hall–Kier alpha value is -3.93. The lowest BCUT2D eigenvalue weighted by Crippen LogP contribution is -2.68. The summed E-state index contributed by atoms with van der Waals surface area (Å²) in [6.45, 7) is 0. The largest absolute Gasteiger partial charge is 0.469 e. The van der Waals surface area contributed by atoms with Crippen molar-refractivity contribution in [2.75, 3.05) is 28.4 Å². The van der Waals surface area contributed by atoms with Gasteiger partial charge in [0.2, 0.25) is 0 Å². The molecule has 2 aromatic rings. The lowest BCUT2D eigenvalue weighted by Gasteiger charge is -2.55. The Morgan fingerprint density at radius 3 is 1.84 bits per heavy atom. The summed E-state index contributed by atoms with van der Waals surface area (Å²) in [6.07, 6.45) is -0.175. The number of hydrogen-bond acceptors (Lipinski definition) is 11. The summed E-state index contributed by atoms with van der Waals surface area (Å²) in [7, 11) is 4.16. The van der Waals surface area contributed by atoms with Gasteiger partial charge in [-0.25, -0.2) is 9.59 Å². The molecule has 11 nitrogen and oxygen atoms in total. The maximum absolute atomic E-state index is 13.6. The van der Waals surface area contributed by atoms with Crippen molar-refractivity contribution in [2.45, 2.75) is 17.9 Å². The van der Waals surface area contributed by atoms with Gasteiger partial charge >= 0.3 is 29.8 Å². The zero-order valence-corrected chi connectivity index (χ0v) is 25.0. The van der Waals surface area contributed by atoms with E-state index in [-0.39, 0.29) is 22.6 Å². The van der Waals surface area contributed by atoms with Crippen LogP contribution in [-0.2, 0) is 42.9 Å². The predicted molar refractivity (Wildman–Crippen MR) is 150 cm³/mol. The number of halogens is 2. The van der Waals surface area contributed by atoms with E-state index in [9.17, 15) is 29.1 Å². The SMILES string of the molecule is COC(=O)C1=C(OC(=O)c2ccc(Cl)cc2)C(C(=O)OC)[C@@]2(O)[C@@H](C(=O)OC)C(c3ccccc3Cl)C[C@@H]1[C@@H]2C(=O)OC. The van der Waals surface area contributed by atoms with Crippen molar-refractivity contribution in [2.24, 2.45) is 23.7 Å². The lowest BCUT2D eigenvalue weighted by atomic mass is 9.49. The van der Waals surface area contributed by atoms with Crippen molar-refractivity contribution in [3.05, 3.63) is 81.0 Å². The number of esters is 5. The molecule has 228 valence electrons. The molecule has 6 atom stereocenters. The lowest BCUT2D eigenvalue weighted by molar-refractivity contribution is -0.208. The molecule has 2 aromatic carbocycles. The summed E-state index contributed by atoms with van der Waals surface area (Å²) in [4.78, 5) is 67.4. The zero-order chi connectivity index (χ0) is 31.6. The average Bonchev–Trinajstić information content (AvgIpc) is 2.99. The van der Waals surface area contributed by atoms with Crippen LogP contribution in [0, 0.1) is 23.7 Å². The number of carbonyl (C=O) groups excluding carboxylic acids is 5. The molecule has 0 saturated heterocycles. The Kier molecular flexibility index (Phi) is 9.48. The summed E-state index contributed by atoms with van der Waals surface area (Å²) >= 11 is 12.5. The molecule has 2 unspecified atom stereocenters. The molecule has 4 rings (SSSR count). The van der Waals surface area contributed by atoms with Gasteiger partial charge in [0.25, 0.3) is 0 Å². The number of ether oxygens (including phenoxy) is 5. The molecule has 0 spiro atoms. The normalized spacial score (nSPS) is 26.2. The molecule has 0 radical (unpaired) electrons. The minimum Gasteiger partial charge on any atom is -0.469 e. The van der Waals surface area contributed by atoms with Gasteiger partial charge in [0.1, 0.15) is 17.3 Å². The van der Waals surface area contributed by atoms with Crippen LogP contribution in [-0.4, -0.2) is 69.0 Å². The first kappa shape index (κ1) is 32.0. The van der Waals surface area contributed by atoms with Gasteiger partial charge in [-0.05, 0) is 42.3 Å². The van der Waals surface area contributed by atoms with Gasteiger partial charge in [0.05, 0.1) is 51.4 Å². The predicted octanol–water partition coefficient (Wildman–Crippen LogP) is 3.49. The second-order valence-electron chi connectivity index (χ2n) is 9.98. The Morgan fingerprint density at radius 2 is 1.30 bits per heavy atom. The van der Waals surface area contributed by atoms with E-state index >= 15 is 0 Å². The third-order valence-electron chi connectivity index (χ3n) is 8.01. The highest BCUT2D eigenvalue weighted by Crippen LogP contribution is 2.61. The first-order valence-corrected chi connectivity index (χ1v) is 13.7. The quantitative estimate of drug-likeness (QED) is 0.352. The summed E-state index contributed by atoms with van der Waals surface area (Å²) in [5, 5.41) is 13.3. The highest BCUT2D eigenvalue weighted by atomic mass is 35.5. The minimum absolute atomic E-state index is 0.0181. The first-order valence-electron chi connectivity index (χ1n) is 13.0. The highest BCUT2D eigenvalue weighted by Gasteiger charge is 2.71. The number of hydrogen-bond donors (Lipinski definition) is 1. The van der Waals surface area contributed by atoms with Gasteiger partial charge in [-0.1, -0.05) is 41.4 Å². The van der Waals surface area contributed by atoms with Crippen LogP contribution in [0.5, 0.6) is 0 Å². The van der Waals surface area contributed by atoms with E-state index in [0.717, 1.165) is 28.4 Å². The maximum atomic E-state index is 13.6. The summed E-state index contributed by atoms with van der Waals surface area (Å²) < 4.78 is 25.8. The first-order chi connectivity index (χ1) is 20.5. The van der Waals surface area contributed by atoms with Crippen LogP contribution in [0.25, 0.3) is 0 Å². The third-order valence-corrected chi connectivity index (χ3v) is 8.61. The van der Waals surface area contributed by atoms with E-state index in [4.69, 9.17) is 46.9 Å². The number of fused-ring (bicyclic) bond motifs is 2. The molecular weight excluding hydrogens is 607 g/mol. The highest BCUT2D eigenvalue weighted by molar-refractivity contribution is 6.31. The van der Waals surface area contributed by atoms with E-state index in [1.807, 2.05) is 0 Å². The van der Waals surface area contributed by atoms with Crippen molar-refractivity contribution < 1.29 is 52.8 Å². The van der Waals surface area contributed by atoms with Crippen molar-refractivity contribution >= 4 is 53.0 Å². The molecule has 0 aromatic heterocycles. The fraction of sp³-hybridized carbons (Fsp3) is 0.367. The topological polar surface area (TPSA) is 152 Å². The molecule has 1 N–H and O–H groups in total. The number of aliphatic hydroxyl groups is 1. The van der Waals surface area contributed by atoms with Gasteiger partial charge in [-0.3, -0.25) is 14.4 Å². The summed E-state index contributed by atoms with van der Waals surface area (Å²) in [5.41, 5.74) is -2.75. The molecule has 1 fully saturated rings. The molecule has 0 amide bonds. The van der Waals surface area contributed by atoms with Gasteiger partial charge in [-0.15, -0.1) is 0 Å². The summed E-state index contributed by atoms with van der Waals surface area (Å²) in [6, 6.07) is 12.0. The average molecular weight is 635 g/mol. The smallest absolute Gasteiger partial charge is 0.343 e. The van der Waals surface area contributed by atoms with Crippen LogP contribution in [0.4, 0.5) is 0 Å². The molecule has 0 heterocycles. The maximum Gasteiger partial charge on any atom is 0.343 e. The standard InChI is InChI=1S/C30H28Cl2O11/c1-39-26(34)20-18-13-17(16-7-5-6-8-19(16)32)21(27(35)40-2)30(38,22(18)28(36)41-3)23(29(37)42-4)24(20)43-25(33)14-9-11-15(31)12-10-14/h5-12,17-18,21-23,38H,13H2,1-4H3/t17?,18-,21+,22+,23?,30+/m0/s1.